The maximum atomic E-state index is 12.2. The predicted octanol–water partition coefficient (Wildman–Crippen LogP) is 4.35. The number of Topliss-reactive ketones (excluding diaryl/α,β-unsaturated/α-hetero) is 1. The van der Waals surface area contributed by atoms with Crippen LogP contribution in [-0.4, -0.2) is 81.1 Å². The molecule has 2 saturated heterocycles. The molecule has 0 amide bonds. The minimum atomic E-state index is -2.12. The highest BCUT2D eigenvalue weighted by Gasteiger charge is 2.60. The topological polar surface area (TPSA) is 135 Å². The van der Waals surface area contributed by atoms with Crippen LogP contribution in [0.5, 0.6) is 0 Å². The van der Waals surface area contributed by atoms with Crippen LogP contribution in [0.2, 0.25) is 36.3 Å². The van der Waals surface area contributed by atoms with E-state index >= 15 is 0 Å². The molecule has 232 valence electrons. The second-order valence-corrected chi connectivity index (χ2v) is 24.4. The Labute approximate surface area is 245 Å². The first-order valence-electron chi connectivity index (χ1n) is 14.3. The van der Waals surface area contributed by atoms with Crippen molar-refractivity contribution in [2.45, 2.75) is 146 Å². The number of ketones is 1. The summed E-state index contributed by atoms with van der Waals surface area (Å²) in [5, 5.41) is 10.2. The van der Waals surface area contributed by atoms with Crippen molar-refractivity contribution < 1.29 is 47.3 Å². The van der Waals surface area contributed by atoms with Crippen LogP contribution in [-0.2, 0) is 42.2 Å². The van der Waals surface area contributed by atoms with Gasteiger partial charge >= 0.3 is 17.9 Å². The maximum Gasteiger partial charge on any atom is 0.351 e. The zero-order valence-electron chi connectivity index (χ0n) is 26.5. The third-order valence-corrected chi connectivity index (χ3v) is 18.6. The van der Waals surface area contributed by atoms with Crippen molar-refractivity contribution >= 4 is 40.3 Å². The van der Waals surface area contributed by atoms with Crippen molar-refractivity contribution in [3.63, 3.8) is 0 Å². The fraction of sp³-hybridized carbons (Fsp3) is 0.793. The minimum Gasteiger partial charge on any atom is -0.455 e. The molecule has 4 rings (SSSR count). The first kappa shape index (κ1) is 33.6. The molecule has 1 N–H and O–H groups in total. The van der Waals surface area contributed by atoms with Gasteiger partial charge in [0.25, 0.3) is 0 Å². The summed E-state index contributed by atoms with van der Waals surface area (Å²) in [6, 6.07) is 0. The Morgan fingerprint density at radius 1 is 0.829 bits per heavy atom. The number of fused-ring (bicyclic) bond motifs is 4. The van der Waals surface area contributed by atoms with E-state index in [1.54, 1.807) is 0 Å². The van der Waals surface area contributed by atoms with E-state index < -0.39 is 64.1 Å². The lowest BCUT2D eigenvalue weighted by Crippen LogP contribution is -2.53. The van der Waals surface area contributed by atoms with Crippen molar-refractivity contribution in [3.05, 3.63) is 12.2 Å². The Hall–Kier alpha value is -1.87. The van der Waals surface area contributed by atoms with Crippen molar-refractivity contribution in [2.24, 2.45) is 0 Å². The van der Waals surface area contributed by atoms with Crippen LogP contribution in [0.1, 0.15) is 74.1 Å². The van der Waals surface area contributed by atoms with Crippen molar-refractivity contribution in [2.75, 3.05) is 0 Å². The molecule has 2 saturated carbocycles. The lowest BCUT2D eigenvalue weighted by atomic mass is 9.81. The SMILES string of the molecule is C=C1[C@H]2C[C@@](OC(C)=O)(C[C@H]1O[Si](C)(C)C(C)(C)C)C(=O)O2.CC(C)(C)[Si](C)(C)O[C@@H]1C[C@]2(O)C[C@@H](OC2=O)C1=O. The van der Waals surface area contributed by atoms with Crippen LogP contribution in [0, 0.1) is 0 Å². The highest BCUT2D eigenvalue weighted by Crippen LogP contribution is 2.47. The van der Waals surface area contributed by atoms with Gasteiger partial charge < -0.3 is 28.2 Å². The number of carbonyl (C=O) groups excluding carboxylic acids is 4. The molecule has 2 aliphatic heterocycles. The molecule has 0 aromatic carbocycles. The third-order valence-electron chi connectivity index (χ3n) is 9.61. The number of esters is 3. The van der Waals surface area contributed by atoms with E-state index in [0.29, 0.717) is 12.8 Å². The Morgan fingerprint density at radius 2 is 1.32 bits per heavy atom. The van der Waals surface area contributed by atoms with Gasteiger partial charge in [0.15, 0.2) is 28.3 Å². The molecule has 6 atom stereocenters. The summed E-state index contributed by atoms with van der Waals surface area (Å²) >= 11 is 0. The molecular weight excluding hydrogens is 564 g/mol. The van der Waals surface area contributed by atoms with Crippen LogP contribution >= 0.6 is 0 Å². The van der Waals surface area contributed by atoms with E-state index in [0.717, 1.165) is 5.57 Å². The summed E-state index contributed by atoms with van der Waals surface area (Å²) in [5.74, 6) is -1.85. The third kappa shape index (κ3) is 6.56. The highest BCUT2D eigenvalue weighted by atomic mass is 28.4. The van der Waals surface area contributed by atoms with Crippen LogP contribution in [0.4, 0.5) is 0 Å². The summed E-state index contributed by atoms with van der Waals surface area (Å²) in [6.07, 6.45) is -1.55. The molecule has 41 heavy (non-hydrogen) atoms. The fourth-order valence-corrected chi connectivity index (χ4v) is 7.53. The second kappa shape index (κ2) is 10.7. The standard InChI is InChI=1S/C16H26O5Si.C13H22O5Si/c1-10-12-8-16(14(18)19-12,20-11(2)17)9-13(10)21-22(6,7)15(3,4)5;1-12(2,3)19(4,5)18-9-7-13(16)6-8(10(9)14)17-11(13)15/h12-13H,1,8-9H2,2-7H3;8-9,16H,6-7H2,1-5H3/t12-,13-,16-;8-,9-,13-/m11/s1. The summed E-state index contributed by atoms with van der Waals surface area (Å²) < 4.78 is 28.1. The molecule has 0 spiro atoms. The van der Waals surface area contributed by atoms with Gasteiger partial charge in [-0.05, 0) is 41.8 Å². The van der Waals surface area contributed by atoms with Gasteiger partial charge in [-0.1, -0.05) is 48.1 Å². The zero-order chi connectivity index (χ0) is 31.6. The van der Waals surface area contributed by atoms with Gasteiger partial charge in [-0.15, -0.1) is 0 Å². The van der Waals surface area contributed by atoms with Crippen molar-refractivity contribution in [1.29, 1.82) is 0 Å². The van der Waals surface area contributed by atoms with Gasteiger partial charge in [0.05, 0.1) is 6.10 Å². The normalized spacial score (nSPS) is 33.6. The number of aliphatic hydroxyl groups is 1. The van der Waals surface area contributed by atoms with E-state index in [4.69, 9.17) is 23.1 Å². The molecule has 4 bridgehead atoms. The van der Waals surface area contributed by atoms with Crippen LogP contribution in [0.25, 0.3) is 0 Å². The Balaban J connectivity index is 0.000000228. The lowest BCUT2D eigenvalue weighted by molar-refractivity contribution is -0.172. The van der Waals surface area contributed by atoms with E-state index in [-0.39, 0.29) is 34.8 Å². The Kier molecular flexibility index (Phi) is 8.77. The first-order valence-corrected chi connectivity index (χ1v) is 20.1. The predicted molar refractivity (Wildman–Crippen MR) is 156 cm³/mol. The monoisotopic (exact) mass is 612 g/mol. The average molecular weight is 613 g/mol. The molecule has 4 aliphatic rings. The average Bonchev–Trinajstić information content (AvgIpc) is 3.19. The van der Waals surface area contributed by atoms with Crippen LogP contribution < -0.4 is 0 Å². The largest absolute Gasteiger partial charge is 0.455 e. The molecule has 0 aromatic rings. The number of carbonyl (C=O) groups is 4. The Morgan fingerprint density at radius 3 is 1.80 bits per heavy atom. The molecule has 0 unspecified atom stereocenters. The number of ether oxygens (including phenoxy) is 3. The minimum absolute atomic E-state index is 0.0215. The highest BCUT2D eigenvalue weighted by molar-refractivity contribution is 6.74. The van der Waals surface area contributed by atoms with E-state index in [2.05, 4.69) is 61.2 Å². The molecular formula is C29H48O10Si2. The van der Waals surface area contributed by atoms with E-state index in [9.17, 15) is 24.3 Å². The van der Waals surface area contributed by atoms with Gasteiger partial charge in [-0.3, -0.25) is 9.59 Å². The molecule has 2 aliphatic carbocycles. The molecule has 4 fully saturated rings. The van der Waals surface area contributed by atoms with Crippen LogP contribution in [0.15, 0.2) is 12.2 Å². The van der Waals surface area contributed by atoms with Crippen molar-refractivity contribution in [3.8, 4) is 0 Å². The second-order valence-electron chi connectivity index (χ2n) is 14.9. The molecule has 2 heterocycles. The van der Waals surface area contributed by atoms with Gasteiger partial charge in [-0.25, -0.2) is 9.59 Å². The van der Waals surface area contributed by atoms with Crippen molar-refractivity contribution in [1.82, 2.24) is 0 Å². The van der Waals surface area contributed by atoms with Gasteiger partial charge in [-0.2, -0.15) is 0 Å². The number of rotatable bonds is 5. The van der Waals surface area contributed by atoms with Crippen LogP contribution in [0.3, 0.4) is 0 Å². The summed E-state index contributed by atoms with van der Waals surface area (Å²) in [5.41, 5.74) is -1.96. The zero-order valence-corrected chi connectivity index (χ0v) is 28.5. The van der Waals surface area contributed by atoms with Gasteiger partial charge in [0.1, 0.15) is 12.2 Å². The van der Waals surface area contributed by atoms with Gasteiger partial charge in [0.2, 0.25) is 11.4 Å². The summed E-state index contributed by atoms with van der Waals surface area (Å²) in [6.45, 7) is 26.5. The fourth-order valence-electron chi connectivity index (χ4n) is 4.97. The Bertz CT molecular complexity index is 1120. The molecule has 0 radical (unpaired) electrons. The summed E-state index contributed by atoms with van der Waals surface area (Å²) in [4.78, 5) is 47.3. The molecule has 12 heteroatoms. The molecule has 0 aromatic heterocycles. The first-order chi connectivity index (χ1) is 18.3. The lowest BCUT2D eigenvalue weighted by Gasteiger charge is -2.43. The smallest absolute Gasteiger partial charge is 0.351 e. The quantitative estimate of drug-likeness (QED) is 0.207. The summed E-state index contributed by atoms with van der Waals surface area (Å²) in [7, 11) is -4.15. The molecule has 10 nitrogen and oxygen atoms in total. The van der Waals surface area contributed by atoms with E-state index in [1.807, 2.05) is 13.1 Å². The maximum absolute atomic E-state index is 12.2. The van der Waals surface area contributed by atoms with Gasteiger partial charge in [0, 0.05) is 32.6 Å². The number of hydrogen-bond acceptors (Lipinski definition) is 10. The number of hydrogen-bond donors (Lipinski definition) is 1. The van der Waals surface area contributed by atoms with E-state index in [1.165, 1.54) is 6.92 Å².